The van der Waals surface area contributed by atoms with E-state index < -0.39 is 41.9 Å². The summed E-state index contributed by atoms with van der Waals surface area (Å²) in [5.74, 6) is -2.81. The van der Waals surface area contributed by atoms with Crippen molar-refractivity contribution in [1.29, 1.82) is 0 Å². The monoisotopic (exact) mass is 653 g/mol. The zero-order chi connectivity index (χ0) is 33.9. The number of carbonyl (C=O) groups is 3. The first-order valence-corrected chi connectivity index (χ1v) is 15.2. The Hall–Kier alpha value is -4.94. The second-order valence-electron chi connectivity index (χ2n) is 12.4. The van der Waals surface area contributed by atoms with Crippen LogP contribution in [0.5, 0.6) is 0 Å². The van der Waals surface area contributed by atoms with E-state index in [-0.39, 0.29) is 45.5 Å². The number of para-hydroxylation sites is 2. The van der Waals surface area contributed by atoms with Crippen LogP contribution in [0.15, 0.2) is 60.7 Å². The van der Waals surface area contributed by atoms with Gasteiger partial charge in [-0.3, -0.25) is 19.1 Å². The van der Waals surface area contributed by atoms with Crippen LogP contribution in [0, 0.1) is 5.82 Å². The van der Waals surface area contributed by atoms with E-state index >= 15 is 0 Å². The van der Waals surface area contributed by atoms with Gasteiger partial charge < -0.3 is 20.3 Å². The lowest BCUT2D eigenvalue weighted by Gasteiger charge is -2.30. The largest absolute Gasteiger partial charge is 0.460 e. The fourth-order valence-electron chi connectivity index (χ4n) is 5.53. The normalized spacial score (nSPS) is 13.8. The van der Waals surface area contributed by atoms with Crippen molar-refractivity contribution in [1.82, 2.24) is 9.78 Å². The number of esters is 1. The van der Waals surface area contributed by atoms with Gasteiger partial charge in [0.2, 0.25) is 0 Å². The smallest absolute Gasteiger partial charge is 0.408 e. The van der Waals surface area contributed by atoms with Crippen LogP contribution < -0.4 is 15.5 Å². The molecule has 0 unspecified atom stereocenters. The molecule has 0 aliphatic carbocycles. The lowest BCUT2D eigenvalue weighted by atomic mass is 10.1. The average molecular weight is 654 g/mol. The lowest BCUT2D eigenvalue weighted by molar-refractivity contribution is -0.154. The van der Waals surface area contributed by atoms with Gasteiger partial charge in [0, 0.05) is 24.0 Å². The van der Waals surface area contributed by atoms with Crippen LogP contribution in [0.4, 0.5) is 34.6 Å². The third kappa shape index (κ3) is 8.27. The molecule has 9 nitrogen and oxygen atoms in total. The van der Waals surface area contributed by atoms with Crippen molar-refractivity contribution in [2.24, 2.45) is 0 Å². The highest BCUT2D eigenvalue weighted by Gasteiger charge is 2.31. The molecule has 0 spiro atoms. The van der Waals surface area contributed by atoms with Crippen LogP contribution >= 0.6 is 0 Å². The molecule has 2 heterocycles. The summed E-state index contributed by atoms with van der Waals surface area (Å²) < 4.78 is 60.9. The van der Waals surface area contributed by atoms with Gasteiger partial charge in [0.15, 0.2) is 5.69 Å². The Morgan fingerprint density at radius 1 is 0.894 bits per heavy atom. The first-order valence-electron chi connectivity index (χ1n) is 15.2. The molecule has 248 valence electrons. The van der Waals surface area contributed by atoms with E-state index in [4.69, 9.17) is 4.74 Å². The van der Waals surface area contributed by atoms with E-state index in [0.717, 1.165) is 30.0 Å². The molecular weight excluding hydrogens is 618 g/mol. The Morgan fingerprint density at radius 3 is 2.32 bits per heavy atom. The summed E-state index contributed by atoms with van der Waals surface area (Å²) in [5, 5.41) is 9.56. The van der Waals surface area contributed by atoms with E-state index in [1.165, 1.54) is 36.4 Å². The van der Waals surface area contributed by atoms with E-state index in [2.05, 4.69) is 20.6 Å². The highest BCUT2D eigenvalue weighted by atomic mass is 19.4. The molecule has 3 aromatic carbocycles. The summed E-state index contributed by atoms with van der Waals surface area (Å²) >= 11 is 0. The molecule has 1 aliphatic rings. The van der Waals surface area contributed by atoms with Gasteiger partial charge >= 0.3 is 12.1 Å². The van der Waals surface area contributed by atoms with Crippen LogP contribution in [0.25, 0.3) is 10.9 Å². The molecule has 2 amide bonds. The number of nitrogens with zero attached hydrogens (tertiary/aromatic N) is 3. The van der Waals surface area contributed by atoms with Gasteiger partial charge in [0.1, 0.15) is 18.0 Å². The molecule has 0 radical (unpaired) electrons. The molecule has 1 aliphatic heterocycles. The first kappa shape index (κ1) is 33.4. The standard InChI is InChI=1S/C34H35F4N5O4/c1-33(2,3)47-28(44)19-21-10-9-12-24(35)29(21)40-31(45)22-14-15-27(42-16-7-4-8-17-42)25(18-22)39-32(46)30-23-11-5-6-13-26(23)43(41-30)20-34(36,37)38/h5-6,9-15,18H,4,7-8,16-17,19-20H2,1-3H3,(H,39,46)(H,40,45). The Morgan fingerprint density at radius 2 is 1.62 bits per heavy atom. The number of anilines is 3. The van der Waals surface area contributed by atoms with Gasteiger partial charge in [0.25, 0.3) is 11.8 Å². The Bertz CT molecular complexity index is 1810. The molecular formula is C34H35F4N5O4. The zero-order valence-electron chi connectivity index (χ0n) is 26.2. The molecule has 0 bridgehead atoms. The topological polar surface area (TPSA) is 106 Å². The van der Waals surface area contributed by atoms with Crippen molar-refractivity contribution in [3.8, 4) is 0 Å². The van der Waals surface area contributed by atoms with Crippen LogP contribution in [0.3, 0.4) is 0 Å². The number of hydrogen-bond donors (Lipinski definition) is 2. The minimum Gasteiger partial charge on any atom is -0.460 e. The number of nitrogens with one attached hydrogen (secondary N) is 2. The molecule has 47 heavy (non-hydrogen) atoms. The fraction of sp³-hybridized carbons (Fsp3) is 0.353. The van der Waals surface area contributed by atoms with Crippen molar-refractivity contribution in [3.05, 3.63) is 83.3 Å². The maximum Gasteiger partial charge on any atom is 0.408 e. The number of halogens is 4. The number of benzene rings is 3. The van der Waals surface area contributed by atoms with Gasteiger partial charge in [-0.25, -0.2) is 4.39 Å². The van der Waals surface area contributed by atoms with Gasteiger partial charge in [-0.15, -0.1) is 0 Å². The summed E-state index contributed by atoms with van der Waals surface area (Å²) in [4.78, 5) is 41.7. The van der Waals surface area contributed by atoms with Crippen LogP contribution in [-0.2, 0) is 22.5 Å². The zero-order valence-corrected chi connectivity index (χ0v) is 26.2. The number of fused-ring (bicyclic) bond motifs is 1. The predicted molar refractivity (Wildman–Crippen MR) is 170 cm³/mol. The van der Waals surface area contributed by atoms with Gasteiger partial charge in [-0.05, 0) is 75.9 Å². The highest BCUT2D eigenvalue weighted by molar-refractivity contribution is 6.13. The number of piperidine rings is 1. The Balaban J connectivity index is 1.46. The summed E-state index contributed by atoms with van der Waals surface area (Å²) in [7, 11) is 0. The second kappa shape index (κ2) is 13.4. The molecule has 4 aromatic rings. The minimum atomic E-state index is -4.56. The fourth-order valence-corrected chi connectivity index (χ4v) is 5.53. The summed E-state index contributed by atoms with van der Waals surface area (Å²) in [6.45, 7) is 5.14. The predicted octanol–water partition coefficient (Wildman–Crippen LogP) is 7.12. The van der Waals surface area contributed by atoms with Crippen molar-refractivity contribution in [2.45, 2.75) is 64.8 Å². The lowest BCUT2D eigenvalue weighted by Crippen LogP contribution is -2.30. The minimum absolute atomic E-state index is 0.0694. The summed E-state index contributed by atoms with van der Waals surface area (Å²) in [5.41, 5.74) is 0.136. The average Bonchev–Trinajstić information content (AvgIpc) is 3.35. The Kier molecular flexibility index (Phi) is 9.55. The number of alkyl halides is 3. The number of ether oxygens (including phenoxy) is 1. The maximum absolute atomic E-state index is 15.0. The Labute approximate surface area is 268 Å². The number of carbonyl (C=O) groups excluding carboxylic acids is 3. The quantitative estimate of drug-likeness (QED) is 0.155. The number of aromatic nitrogens is 2. The van der Waals surface area contributed by atoms with E-state index in [9.17, 15) is 31.9 Å². The highest BCUT2D eigenvalue weighted by Crippen LogP contribution is 2.32. The molecule has 0 atom stereocenters. The van der Waals surface area contributed by atoms with Crippen molar-refractivity contribution in [2.75, 3.05) is 28.6 Å². The van der Waals surface area contributed by atoms with Crippen LogP contribution in [-0.4, -0.2) is 52.4 Å². The maximum atomic E-state index is 15.0. The first-order chi connectivity index (χ1) is 22.2. The van der Waals surface area contributed by atoms with E-state index in [1.54, 1.807) is 39.0 Å². The molecule has 5 rings (SSSR count). The van der Waals surface area contributed by atoms with Gasteiger partial charge in [0.05, 0.1) is 29.0 Å². The SMILES string of the molecule is CC(C)(C)OC(=O)Cc1cccc(F)c1NC(=O)c1ccc(N2CCCCC2)c(NC(=O)c2nn(CC(F)(F)F)c3ccccc23)c1. The number of hydrogen-bond acceptors (Lipinski definition) is 6. The van der Waals surface area contributed by atoms with Crippen molar-refractivity contribution < 1.29 is 36.7 Å². The van der Waals surface area contributed by atoms with E-state index in [0.29, 0.717) is 18.8 Å². The third-order valence-corrected chi connectivity index (χ3v) is 7.50. The summed E-state index contributed by atoms with van der Waals surface area (Å²) in [6, 6.07) is 14.9. The third-order valence-electron chi connectivity index (χ3n) is 7.50. The van der Waals surface area contributed by atoms with Crippen molar-refractivity contribution >= 4 is 45.7 Å². The number of amides is 2. The second-order valence-corrected chi connectivity index (χ2v) is 12.4. The molecule has 2 N–H and O–H groups in total. The molecule has 1 fully saturated rings. The van der Waals surface area contributed by atoms with Crippen molar-refractivity contribution in [3.63, 3.8) is 0 Å². The van der Waals surface area contributed by atoms with Gasteiger partial charge in [-0.1, -0.05) is 30.3 Å². The molecule has 13 heteroatoms. The molecule has 1 aromatic heterocycles. The molecule has 0 saturated carbocycles. The van der Waals surface area contributed by atoms with Crippen LogP contribution in [0.2, 0.25) is 0 Å². The number of rotatable bonds is 8. The van der Waals surface area contributed by atoms with Gasteiger partial charge in [-0.2, -0.15) is 18.3 Å². The van der Waals surface area contributed by atoms with E-state index in [1.807, 2.05) is 0 Å². The molecule has 1 saturated heterocycles. The van der Waals surface area contributed by atoms with Crippen LogP contribution in [0.1, 0.15) is 66.4 Å². The summed E-state index contributed by atoms with van der Waals surface area (Å²) in [6.07, 6.45) is -1.98.